The van der Waals surface area contributed by atoms with Gasteiger partial charge in [-0.1, -0.05) is 11.6 Å². The summed E-state index contributed by atoms with van der Waals surface area (Å²) >= 11 is 6.01. The fourth-order valence-electron chi connectivity index (χ4n) is 1.96. The molecule has 0 aliphatic heterocycles. The summed E-state index contributed by atoms with van der Waals surface area (Å²) in [5.74, 6) is -0.902. The van der Waals surface area contributed by atoms with Gasteiger partial charge in [0.25, 0.3) is 5.91 Å². The van der Waals surface area contributed by atoms with E-state index in [4.69, 9.17) is 11.6 Å². The van der Waals surface area contributed by atoms with Gasteiger partial charge < -0.3 is 0 Å². The Hall–Kier alpha value is -2.22. The van der Waals surface area contributed by atoms with Crippen LogP contribution in [0.1, 0.15) is 22.6 Å². The van der Waals surface area contributed by atoms with Crippen LogP contribution in [0.4, 0.5) is 4.39 Å². The Morgan fingerprint density at radius 3 is 2.55 bits per heavy atom. The number of nitrogens with zero attached hydrogens (tertiary/aromatic N) is 5. The fraction of sp³-hybridized carbons (Fsp3) is 0.385. The van der Waals surface area contributed by atoms with Gasteiger partial charge in [0.15, 0.2) is 0 Å². The summed E-state index contributed by atoms with van der Waals surface area (Å²) in [6, 6.07) is 0. The standard InChI is InChI=1S/C13H16ClFN6O/c1-7-10(13(15)20(4)18-7)5-16-17-11(22)6-21-9(3)12(14)8(2)19-21/h5H,6H2,1-4H3,(H,17,22)/b16-5-. The molecular formula is C13H16ClFN6O. The number of hydrogen-bond donors (Lipinski definition) is 1. The molecule has 7 nitrogen and oxygen atoms in total. The van der Waals surface area contributed by atoms with Gasteiger partial charge in [0.05, 0.1) is 33.9 Å². The van der Waals surface area contributed by atoms with Gasteiger partial charge in [-0.25, -0.2) is 10.1 Å². The van der Waals surface area contributed by atoms with Gasteiger partial charge in [-0.3, -0.25) is 9.48 Å². The molecule has 22 heavy (non-hydrogen) atoms. The maximum atomic E-state index is 13.7. The number of carbonyl (C=O) groups is 1. The molecule has 9 heteroatoms. The number of amides is 1. The Balaban J connectivity index is 2.01. The number of hydrazone groups is 1. The van der Waals surface area contributed by atoms with Gasteiger partial charge in [-0.15, -0.1) is 0 Å². The average Bonchev–Trinajstić information content (AvgIpc) is 2.83. The van der Waals surface area contributed by atoms with Crippen molar-refractivity contribution in [3.63, 3.8) is 0 Å². The van der Waals surface area contributed by atoms with Crippen molar-refractivity contribution in [1.82, 2.24) is 25.0 Å². The van der Waals surface area contributed by atoms with Crippen LogP contribution in [0.15, 0.2) is 5.10 Å². The Morgan fingerprint density at radius 1 is 1.36 bits per heavy atom. The highest BCUT2D eigenvalue weighted by atomic mass is 35.5. The monoisotopic (exact) mass is 326 g/mol. The first kappa shape index (κ1) is 16.2. The lowest BCUT2D eigenvalue weighted by Crippen LogP contribution is -2.24. The maximum absolute atomic E-state index is 13.7. The topological polar surface area (TPSA) is 77.1 Å². The average molecular weight is 327 g/mol. The van der Waals surface area contributed by atoms with Crippen LogP contribution in [-0.4, -0.2) is 31.7 Å². The Labute approximate surface area is 131 Å². The molecule has 0 saturated carbocycles. The second kappa shape index (κ2) is 6.27. The van der Waals surface area contributed by atoms with Crippen molar-refractivity contribution < 1.29 is 9.18 Å². The van der Waals surface area contributed by atoms with E-state index in [1.165, 1.54) is 17.9 Å². The third-order valence-corrected chi connectivity index (χ3v) is 3.71. The van der Waals surface area contributed by atoms with E-state index in [0.29, 0.717) is 22.1 Å². The highest BCUT2D eigenvalue weighted by Gasteiger charge is 2.13. The molecule has 0 unspecified atom stereocenters. The molecule has 0 aromatic carbocycles. The third kappa shape index (κ3) is 3.16. The zero-order valence-corrected chi connectivity index (χ0v) is 13.4. The van der Waals surface area contributed by atoms with Gasteiger partial charge in [-0.2, -0.15) is 19.7 Å². The van der Waals surface area contributed by atoms with E-state index in [-0.39, 0.29) is 18.0 Å². The van der Waals surface area contributed by atoms with Crippen molar-refractivity contribution in [2.24, 2.45) is 12.1 Å². The molecule has 2 aromatic heterocycles. The molecule has 0 spiro atoms. The molecule has 2 heterocycles. The quantitative estimate of drug-likeness (QED) is 0.683. The van der Waals surface area contributed by atoms with Gasteiger partial charge >= 0.3 is 0 Å². The molecule has 0 aliphatic rings. The highest BCUT2D eigenvalue weighted by molar-refractivity contribution is 6.31. The molecule has 0 bridgehead atoms. The van der Waals surface area contributed by atoms with Crippen LogP contribution in [0.3, 0.4) is 0 Å². The van der Waals surface area contributed by atoms with Crippen molar-refractivity contribution in [2.75, 3.05) is 0 Å². The fourth-order valence-corrected chi connectivity index (χ4v) is 2.10. The molecule has 0 aliphatic carbocycles. The number of hydrogen-bond acceptors (Lipinski definition) is 4. The van der Waals surface area contributed by atoms with Crippen molar-refractivity contribution in [3.05, 3.63) is 33.6 Å². The first-order chi connectivity index (χ1) is 10.3. The lowest BCUT2D eigenvalue weighted by Gasteiger charge is -2.02. The number of aryl methyl sites for hydroxylation is 3. The summed E-state index contributed by atoms with van der Waals surface area (Å²) in [5.41, 5.74) is 4.40. The summed E-state index contributed by atoms with van der Waals surface area (Å²) < 4.78 is 16.3. The van der Waals surface area contributed by atoms with Gasteiger partial charge in [0, 0.05) is 7.05 Å². The van der Waals surface area contributed by atoms with Crippen LogP contribution < -0.4 is 5.43 Å². The minimum atomic E-state index is -0.513. The van der Waals surface area contributed by atoms with Gasteiger partial charge in [0.2, 0.25) is 5.95 Å². The predicted molar refractivity (Wildman–Crippen MR) is 80.4 cm³/mol. The van der Waals surface area contributed by atoms with E-state index in [2.05, 4.69) is 20.7 Å². The lowest BCUT2D eigenvalue weighted by molar-refractivity contribution is -0.121. The minimum absolute atomic E-state index is 0.0226. The molecule has 2 aromatic rings. The number of nitrogens with one attached hydrogen (secondary N) is 1. The lowest BCUT2D eigenvalue weighted by atomic mass is 10.3. The Kier molecular flexibility index (Phi) is 4.60. The molecule has 1 amide bonds. The van der Waals surface area contributed by atoms with Crippen molar-refractivity contribution in [3.8, 4) is 0 Å². The zero-order chi connectivity index (χ0) is 16.4. The number of halogens is 2. The van der Waals surface area contributed by atoms with E-state index >= 15 is 0 Å². The largest absolute Gasteiger partial charge is 0.271 e. The number of rotatable bonds is 4. The first-order valence-corrected chi connectivity index (χ1v) is 6.89. The summed E-state index contributed by atoms with van der Waals surface area (Å²) in [7, 11) is 1.49. The molecular weight excluding hydrogens is 311 g/mol. The van der Waals surface area contributed by atoms with Gasteiger partial charge in [-0.05, 0) is 20.8 Å². The van der Waals surface area contributed by atoms with E-state index in [9.17, 15) is 9.18 Å². The SMILES string of the molecule is Cc1nn(CC(=O)N/N=C\c2c(C)nn(C)c2F)c(C)c1Cl. The molecule has 0 fully saturated rings. The van der Waals surface area contributed by atoms with Crippen LogP contribution in [0.25, 0.3) is 0 Å². The summed E-state index contributed by atoms with van der Waals surface area (Å²) in [5, 5.41) is 12.3. The molecule has 0 saturated heterocycles. The molecule has 2 rings (SSSR count). The molecule has 118 valence electrons. The van der Waals surface area contributed by atoms with E-state index in [1.54, 1.807) is 20.8 Å². The van der Waals surface area contributed by atoms with Crippen LogP contribution >= 0.6 is 11.6 Å². The van der Waals surface area contributed by atoms with Crippen LogP contribution in [0.2, 0.25) is 5.02 Å². The molecule has 0 atom stereocenters. The van der Waals surface area contributed by atoms with Crippen molar-refractivity contribution >= 4 is 23.7 Å². The summed E-state index contributed by atoms with van der Waals surface area (Å²) in [6.07, 6.45) is 1.23. The first-order valence-electron chi connectivity index (χ1n) is 6.51. The van der Waals surface area contributed by atoms with Crippen molar-refractivity contribution in [1.29, 1.82) is 0 Å². The van der Waals surface area contributed by atoms with E-state index in [1.807, 2.05) is 0 Å². The second-order valence-corrected chi connectivity index (χ2v) is 5.23. The van der Waals surface area contributed by atoms with Crippen LogP contribution in [0.5, 0.6) is 0 Å². The Bertz CT molecular complexity index is 748. The van der Waals surface area contributed by atoms with Crippen LogP contribution in [-0.2, 0) is 18.4 Å². The normalized spacial score (nSPS) is 11.4. The summed E-state index contributed by atoms with van der Waals surface area (Å²) in [4.78, 5) is 11.8. The predicted octanol–water partition coefficient (Wildman–Crippen LogP) is 1.48. The second-order valence-electron chi connectivity index (χ2n) is 4.85. The van der Waals surface area contributed by atoms with E-state index < -0.39 is 5.95 Å². The number of carbonyl (C=O) groups excluding carboxylic acids is 1. The number of aromatic nitrogens is 4. The Morgan fingerprint density at radius 2 is 2.05 bits per heavy atom. The smallest absolute Gasteiger partial charge is 0.261 e. The third-order valence-electron chi connectivity index (χ3n) is 3.17. The van der Waals surface area contributed by atoms with Crippen molar-refractivity contribution in [2.45, 2.75) is 27.3 Å². The van der Waals surface area contributed by atoms with Crippen LogP contribution in [0, 0.1) is 26.7 Å². The van der Waals surface area contributed by atoms with Gasteiger partial charge in [0.1, 0.15) is 6.54 Å². The zero-order valence-electron chi connectivity index (χ0n) is 12.7. The minimum Gasteiger partial charge on any atom is -0.271 e. The highest BCUT2D eigenvalue weighted by Crippen LogP contribution is 2.18. The molecule has 0 radical (unpaired) electrons. The summed E-state index contributed by atoms with van der Waals surface area (Å²) in [6.45, 7) is 5.17. The van der Waals surface area contributed by atoms with E-state index in [0.717, 1.165) is 4.68 Å². The maximum Gasteiger partial charge on any atom is 0.261 e. The molecule has 1 N–H and O–H groups in total.